The summed E-state index contributed by atoms with van der Waals surface area (Å²) >= 11 is 0. The van der Waals surface area contributed by atoms with Gasteiger partial charge in [-0.1, -0.05) is 81.5 Å². The van der Waals surface area contributed by atoms with Crippen molar-refractivity contribution in [3.63, 3.8) is 0 Å². The fourth-order valence-corrected chi connectivity index (χ4v) is 8.32. The zero-order valence-corrected chi connectivity index (χ0v) is 24.2. The number of allylic oxidation sites excluding steroid dienone is 2. The Hall–Kier alpha value is -1.65. The normalized spacial score (nSPS) is 26.9. The molecule has 0 saturated heterocycles. The Kier molecular flexibility index (Phi) is 12.9. The predicted octanol–water partition coefficient (Wildman–Crippen LogP) is 7.88. The van der Waals surface area contributed by atoms with Crippen molar-refractivity contribution in [3.8, 4) is 0 Å². The largest absolute Gasteiger partial charge is 0.481 e. The maximum absolute atomic E-state index is 12.7. The summed E-state index contributed by atoms with van der Waals surface area (Å²) < 4.78 is 0. The van der Waals surface area contributed by atoms with Crippen LogP contribution in [0.15, 0.2) is 42.5 Å². The van der Waals surface area contributed by atoms with Crippen LogP contribution in [0.5, 0.6) is 0 Å². The number of carboxylic acid groups (broad SMARTS) is 1. The van der Waals surface area contributed by atoms with E-state index in [1.165, 1.54) is 50.5 Å². The molecule has 0 aliphatic heterocycles. The molecule has 38 heavy (non-hydrogen) atoms. The molecule has 1 aromatic rings. The molecule has 3 rings (SSSR count). The summed E-state index contributed by atoms with van der Waals surface area (Å²) in [7, 11) is 0. The Balaban J connectivity index is 1.82. The van der Waals surface area contributed by atoms with Crippen molar-refractivity contribution in [1.29, 1.82) is 0 Å². The van der Waals surface area contributed by atoms with Crippen molar-refractivity contribution in [1.82, 2.24) is 0 Å². The molecular weight excluding hydrogens is 470 g/mol. The smallest absolute Gasteiger partial charge is 0.309 e. The van der Waals surface area contributed by atoms with Crippen LogP contribution < -0.4 is 5.73 Å². The molecule has 0 amide bonds. The number of unbranched alkanes of at least 4 members (excludes halogenated alkanes) is 5. The minimum atomic E-state index is -0.871. The molecule has 2 fully saturated rings. The topological polar surface area (TPSA) is 83.5 Å². The second-order valence-corrected chi connectivity index (χ2v) is 12.3. The van der Waals surface area contributed by atoms with E-state index < -0.39 is 18.0 Å². The number of carboxylic acids is 1. The van der Waals surface area contributed by atoms with Gasteiger partial charge in [0, 0.05) is 0 Å². The molecular formula is C34H55NO3. The van der Waals surface area contributed by atoms with Gasteiger partial charge < -0.3 is 15.9 Å². The molecule has 0 spiro atoms. The zero-order valence-electron chi connectivity index (χ0n) is 24.2. The van der Waals surface area contributed by atoms with Crippen molar-refractivity contribution < 1.29 is 15.0 Å². The van der Waals surface area contributed by atoms with Crippen LogP contribution in [-0.4, -0.2) is 28.8 Å². The van der Waals surface area contributed by atoms with Gasteiger partial charge in [0.05, 0.1) is 12.0 Å². The molecule has 1 aromatic carbocycles. The lowest BCUT2D eigenvalue weighted by Gasteiger charge is -2.53. The number of nitrogens with two attached hydrogens (primary N) is 1. The Morgan fingerprint density at radius 1 is 1.03 bits per heavy atom. The molecule has 0 bridgehead atoms. The molecule has 2 aliphatic rings. The third kappa shape index (κ3) is 7.72. The Morgan fingerprint density at radius 3 is 2.32 bits per heavy atom. The number of aliphatic carboxylic acids is 1. The lowest BCUT2D eigenvalue weighted by atomic mass is 9.51. The maximum atomic E-state index is 12.7. The van der Waals surface area contributed by atoms with E-state index >= 15 is 0 Å². The summed E-state index contributed by atoms with van der Waals surface area (Å²) in [6.45, 7) is 4.52. The van der Waals surface area contributed by atoms with Crippen LogP contribution in [0, 0.1) is 29.6 Å². The van der Waals surface area contributed by atoms with Gasteiger partial charge in [-0.2, -0.15) is 0 Å². The molecule has 6 atom stereocenters. The highest BCUT2D eigenvalue weighted by Gasteiger charge is 2.54. The quantitative estimate of drug-likeness (QED) is 0.151. The number of aliphatic hydroxyl groups excluding tert-OH is 1. The first-order valence-electron chi connectivity index (χ1n) is 15.8. The second-order valence-electron chi connectivity index (χ2n) is 12.3. The Labute approximate surface area is 232 Å². The molecule has 214 valence electrons. The molecule has 4 nitrogen and oxygen atoms in total. The average molecular weight is 526 g/mol. The number of hydrogen-bond donors (Lipinski definition) is 3. The molecule has 0 heterocycles. The van der Waals surface area contributed by atoms with Crippen LogP contribution in [0.3, 0.4) is 0 Å². The standard InChI is InChI=1S/C34H55NO3/c1-3-4-5-6-7-8-9-10-12-17-27-20-21-30(32(29(27)22-25-35)31(26(2)36)33(37)38)34(23-15-16-24-34)28-18-13-11-14-19-28/h8-9,11,13-14,18-19,26-27,29-32,36H,3-7,10,12,15-17,20-25,35H2,1-2H3,(H,37,38)/b9-8-/t26-,27+,29-,30-,31+,32-/m0/s1. The van der Waals surface area contributed by atoms with Crippen molar-refractivity contribution in [2.75, 3.05) is 6.54 Å². The van der Waals surface area contributed by atoms with Gasteiger partial charge in [-0.3, -0.25) is 4.79 Å². The molecule has 0 radical (unpaired) electrons. The highest BCUT2D eigenvalue weighted by atomic mass is 16.4. The summed E-state index contributed by atoms with van der Waals surface area (Å²) in [6, 6.07) is 10.9. The first kappa shape index (κ1) is 30.9. The highest BCUT2D eigenvalue weighted by Crippen LogP contribution is 2.58. The zero-order chi connectivity index (χ0) is 27.4. The van der Waals surface area contributed by atoms with Gasteiger partial charge in [0.2, 0.25) is 0 Å². The summed E-state index contributed by atoms with van der Waals surface area (Å²) in [6.07, 6.45) is 21.3. The van der Waals surface area contributed by atoms with Crippen LogP contribution in [0.1, 0.15) is 116 Å². The van der Waals surface area contributed by atoms with Gasteiger partial charge >= 0.3 is 5.97 Å². The van der Waals surface area contributed by atoms with E-state index in [2.05, 4.69) is 49.4 Å². The molecule has 2 aliphatic carbocycles. The van der Waals surface area contributed by atoms with Crippen molar-refractivity contribution >= 4 is 5.97 Å². The van der Waals surface area contributed by atoms with E-state index in [4.69, 9.17) is 5.73 Å². The maximum Gasteiger partial charge on any atom is 0.309 e. The molecule has 2 saturated carbocycles. The predicted molar refractivity (Wildman–Crippen MR) is 158 cm³/mol. The monoisotopic (exact) mass is 525 g/mol. The van der Waals surface area contributed by atoms with Crippen molar-refractivity contribution in [2.45, 2.75) is 122 Å². The van der Waals surface area contributed by atoms with E-state index in [-0.39, 0.29) is 23.2 Å². The number of hydrogen-bond acceptors (Lipinski definition) is 3. The molecule has 4 N–H and O–H groups in total. The molecule has 4 heteroatoms. The lowest BCUT2D eigenvalue weighted by Crippen LogP contribution is -2.52. The fourth-order valence-electron chi connectivity index (χ4n) is 8.32. The average Bonchev–Trinajstić information content (AvgIpc) is 3.40. The van der Waals surface area contributed by atoms with E-state index in [9.17, 15) is 15.0 Å². The van der Waals surface area contributed by atoms with Crippen LogP contribution in [0.4, 0.5) is 0 Å². The molecule has 0 unspecified atom stereocenters. The van der Waals surface area contributed by atoms with Gasteiger partial charge in [0.1, 0.15) is 0 Å². The van der Waals surface area contributed by atoms with Crippen molar-refractivity contribution in [2.24, 2.45) is 35.3 Å². The second kappa shape index (κ2) is 15.8. The third-order valence-corrected chi connectivity index (χ3v) is 10.0. The first-order chi connectivity index (χ1) is 18.5. The lowest BCUT2D eigenvalue weighted by molar-refractivity contribution is -0.155. The molecule has 0 aromatic heterocycles. The van der Waals surface area contributed by atoms with Gasteiger partial charge in [0.15, 0.2) is 0 Å². The number of rotatable bonds is 16. The van der Waals surface area contributed by atoms with E-state index in [0.717, 1.165) is 51.4 Å². The minimum Gasteiger partial charge on any atom is -0.481 e. The van der Waals surface area contributed by atoms with Crippen LogP contribution >= 0.6 is 0 Å². The van der Waals surface area contributed by atoms with Crippen LogP contribution in [0.2, 0.25) is 0 Å². The van der Waals surface area contributed by atoms with Crippen LogP contribution in [0.25, 0.3) is 0 Å². The van der Waals surface area contributed by atoms with E-state index in [1.54, 1.807) is 6.92 Å². The fraction of sp³-hybridized carbons (Fsp3) is 0.735. The minimum absolute atomic E-state index is 0.00679. The van der Waals surface area contributed by atoms with Gasteiger partial charge in [-0.05, 0) is 112 Å². The summed E-state index contributed by atoms with van der Waals surface area (Å²) in [5.41, 5.74) is 7.58. The van der Waals surface area contributed by atoms with E-state index in [1.807, 2.05) is 0 Å². The summed E-state index contributed by atoms with van der Waals surface area (Å²) in [5.74, 6) is -0.657. The Bertz CT molecular complexity index is 829. The SMILES string of the molecule is CCCCCC/C=C\CCC[C@@H]1CC[C@H](C2(c3ccccc3)CCCC2)[C@@H]([C@H](C(=O)O)[C@H](C)O)[C@H]1CCN. The van der Waals surface area contributed by atoms with Crippen molar-refractivity contribution in [3.05, 3.63) is 48.0 Å². The summed E-state index contributed by atoms with van der Waals surface area (Å²) in [4.78, 5) is 12.7. The number of benzene rings is 1. The Morgan fingerprint density at radius 2 is 1.71 bits per heavy atom. The highest BCUT2D eigenvalue weighted by molar-refractivity contribution is 5.71. The van der Waals surface area contributed by atoms with Crippen LogP contribution in [-0.2, 0) is 10.2 Å². The first-order valence-corrected chi connectivity index (χ1v) is 15.8. The van der Waals surface area contributed by atoms with Gasteiger partial charge in [0.25, 0.3) is 0 Å². The van der Waals surface area contributed by atoms with Gasteiger partial charge in [-0.15, -0.1) is 0 Å². The van der Waals surface area contributed by atoms with Gasteiger partial charge in [-0.25, -0.2) is 0 Å². The van der Waals surface area contributed by atoms with E-state index in [0.29, 0.717) is 12.5 Å². The third-order valence-electron chi connectivity index (χ3n) is 10.0. The number of carbonyl (C=O) groups is 1. The summed E-state index contributed by atoms with van der Waals surface area (Å²) in [5, 5.41) is 21.3. The number of aliphatic hydroxyl groups is 1.